The van der Waals surface area contributed by atoms with Crippen LogP contribution in [-0.2, 0) is 4.79 Å². The number of aliphatic hydroxyl groups is 2. The fraction of sp³-hybridized carbons (Fsp3) is 0.833. The third-order valence-corrected chi connectivity index (χ3v) is 1.42. The molecule has 0 unspecified atom stereocenters. The second-order valence-electron chi connectivity index (χ2n) is 2.95. The molecular formula is C6H13NO3. The summed E-state index contributed by atoms with van der Waals surface area (Å²) in [4.78, 5) is 10.4. The Morgan fingerprint density at radius 1 is 1.70 bits per heavy atom. The number of carbonyl (C=O) groups is 1. The highest BCUT2D eigenvalue weighted by Gasteiger charge is 2.31. The van der Waals surface area contributed by atoms with Gasteiger partial charge in [-0.1, -0.05) is 13.8 Å². The van der Waals surface area contributed by atoms with Crippen LogP contribution in [0, 0.1) is 5.41 Å². The Hall–Kier alpha value is -0.610. The molecule has 4 N–H and O–H groups in total. The van der Waals surface area contributed by atoms with Crippen LogP contribution in [0.3, 0.4) is 0 Å². The maximum absolute atomic E-state index is 10.4. The molecule has 0 rings (SSSR count). The normalized spacial score (nSPS) is 14.8. The molecule has 0 aliphatic carbocycles. The zero-order chi connectivity index (χ0) is 8.36. The molecule has 4 nitrogen and oxygen atoms in total. The second-order valence-corrected chi connectivity index (χ2v) is 2.95. The van der Waals surface area contributed by atoms with Gasteiger partial charge in [-0.2, -0.15) is 0 Å². The minimum atomic E-state index is -1.28. The molecule has 0 spiro atoms. The fourth-order valence-electron chi connectivity index (χ4n) is 0.472. The molecule has 0 radical (unpaired) electrons. The number of rotatable bonds is 3. The molecule has 60 valence electrons. The molecular weight excluding hydrogens is 134 g/mol. The molecule has 1 amide bonds. The van der Waals surface area contributed by atoms with E-state index >= 15 is 0 Å². The average Bonchev–Trinajstić information content (AvgIpc) is 1.86. The van der Waals surface area contributed by atoms with Crippen molar-refractivity contribution in [3.05, 3.63) is 0 Å². The highest BCUT2D eigenvalue weighted by Crippen LogP contribution is 2.18. The van der Waals surface area contributed by atoms with E-state index in [1.54, 1.807) is 13.8 Å². The first-order valence-corrected chi connectivity index (χ1v) is 3.00. The highest BCUT2D eigenvalue weighted by atomic mass is 16.3. The Kier molecular flexibility index (Phi) is 2.80. The summed E-state index contributed by atoms with van der Waals surface area (Å²) in [5, 5.41) is 17.7. The molecule has 4 heteroatoms. The number of aliphatic hydroxyl groups excluding tert-OH is 2. The minimum Gasteiger partial charge on any atom is -0.396 e. The number of amides is 1. The summed E-state index contributed by atoms with van der Waals surface area (Å²) in [6.45, 7) is 2.85. The molecule has 1 atom stereocenters. The standard InChI is InChI=1S/C6H13NO3/c1-6(2,3-8)4(9)5(7)10/h4,8-9H,3H2,1-2H3,(H2,7,10)/t4-/m0/s1. The Labute approximate surface area is 59.7 Å². The van der Waals surface area contributed by atoms with Gasteiger partial charge in [0, 0.05) is 5.41 Å². The lowest BCUT2D eigenvalue weighted by molar-refractivity contribution is -0.133. The van der Waals surface area contributed by atoms with Crippen LogP contribution in [0.1, 0.15) is 13.8 Å². The third kappa shape index (κ3) is 1.97. The van der Waals surface area contributed by atoms with E-state index in [0.29, 0.717) is 0 Å². The molecule has 0 bridgehead atoms. The van der Waals surface area contributed by atoms with E-state index < -0.39 is 17.4 Å². The number of carbonyl (C=O) groups excluding carboxylic acids is 1. The summed E-state index contributed by atoms with van der Waals surface area (Å²) >= 11 is 0. The molecule has 0 saturated carbocycles. The molecule has 0 saturated heterocycles. The molecule has 0 aliphatic rings. The van der Waals surface area contributed by atoms with Crippen LogP contribution in [0.15, 0.2) is 0 Å². The van der Waals surface area contributed by atoms with Gasteiger partial charge in [0.25, 0.3) is 0 Å². The van der Waals surface area contributed by atoms with Crippen molar-refractivity contribution < 1.29 is 15.0 Å². The topological polar surface area (TPSA) is 83.6 Å². The van der Waals surface area contributed by atoms with Crippen molar-refractivity contribution in [3.8, 4) is 0 Å². The van der Waals surface area contributed by atoms with Crippen LogP contribution in [0.5, 0.6) is 0 Å². The molecule has 0 heterocycles. The van der Waals surface area contributed by atoms with E-state index in [4.69, 9.17) is 15.9 Å². The van der Waals surface area contributed by atoms with Crippen molar-refractivity contribution in [2.75, 3.05) is 6.61 Å². The SMILES string of the molecule is CC(C)(CO)[C@@H](O)C(N)=O. The Morgan fingerprint density at radius 3 is 2.20 bits per heavy atom. The predicted octanol–water partition coefficient (Wildman–Crippen LogP) is -1.15. The number of nitrogens with two attached hydrogens (primary N) is 1. The van der Waals surface area contributed by atoms with Gasteiger partial charge in [0.2, 0.25) is 5.91 Å². The summed E-state index contributed by atoms with van der Waals surface area (Å²) in [5.74, 6) is -0.806. The molecule has 0 fully saturated rings. The van der Waals surface area contributed by atoms with E-state index in [2.05, 4.69) is 0 Å². The largest absolute Gasteiger partial charge is 0.396 e. The van der Waals surface area contributed by atoms with Gasteiger partial charge in [-0.15, -0.1) is 0 Å². The van der Waals surface area contributed by atoms with Crippen LogP contribution in [0.2, 0.25) is 0 Å². The number of hydrogen-bond donors (Lipinski definition) is 3. The zero-order valence-corrected chi connectivity index (χ0v) is 6.16. The van der Waals surface area contributed by atoms with Gasteiger partial charge < -0.3 is 15.9 Å². The first kappa shape index (κ1) is 9.39. The van der Waals surface area contributed by atoms with Crippen LogP contribution >= 0.6 is 0 Å². The minimum absolute atomic E-state index is 0.267. The molecule has 0 aromatic carbocycles. The maximum atomic E-state index is 10.4. The van der Waals surface area contributed by atoms with Gasteiger partial charge in [0.15, 0.2) is 0 Å². The van der Waals surface area contributed by atoms with Gasteiger partial charge in [0.1, 0.15) is 6.10 Å². The van der Waals surface area contributed by atoms with E-state index in [9.17, 15) is 4.79 Å². The quantitative estimate of drug-likeness (QED) is 0.471. The smallest absolute Gasteiger partial charge is 0.246 e. The van der Waals surface area contributed by atoms with Gasteiger partial charge >= 0.3 is 0 Å². The van der Waals surface area contributed by atoms with Crippen molar-refractivity contribution in [1.29, 1.82) is 0 Å². The summed E-state index contributed by atoms with van der Waals surface area (Å²) in [6, 6.07) is 0. The Balaban J connectivity index is 4.17. The molecule has 10 heavy (non-hydrogen) atoms. The molecule has 0 aromatic heterocycles. The number of primary amides is 1. The fourth-order valence-corrected chi connectivity index (χ4v) is 0.472. The van der Waals surface area contributed by atoms with Gasteiger partial charge in [0.05, 0.1) is 6.61 Å². The van der Waals surface area contributed by atoms with Crippen LogP contribution < -0.4 is 5.73 Å². The Bertz CT molecular complexity index is 133. The molecule has 0 aliphatic heterocycles. The summed E-state index contributed by atoms with van der Waals surface area (Å²) in [6.07, 6.45) is -1.28. The van der Waals surface area contributed by atoms with Crippen LogP contribution in [-0.4, -0.2) is 28.8 Å². The lowest BCUT2D eigenvalue weighted by atomic mass is 9.87. The molecule has 0 aromatic rings. The first-order valence-electron chi connectivity index (χ1n) is 3.00. The second kappa shape index (κ2) is 2.98. The number of hydrogen-bond acceptors (Lipinski definition) is 3. The third-order valence-electron chi connectivity index (χ3n) is 1.42. The summed E-state index contributed by atoms with van der Waals surface area (Å²) in [5.41, 5.74) is 3.96. The zero-order valence-electron chi connectivity index (χ0n) is 6.16. The van der Waals surface area contributed by atoms with Crippen molar-refractivity contribution >= 4 is 5.91 Å². The average molecular weight is 147 g/mol. The lowest BCUT2D eigenvalue weighted by Gasteiger charge is -2.25. The van der Waals surface area contributed by atoms with Crippen molar-refractivity contribution in [3.63, 3.8) is 0 Å². The van der Waals surface area contributed by atoms with E-state index in [-0.39, 0.29) is 6.61 Å². The van der Waals surface area contributed by atoms with E-state index in [1.807, 2.05) is 0 Å². The van der Waals surface area contributed by atoms with E-state index in [0.717, 1.165) is 0 Å². The van der Waals surface area contributed by atoms with Gasteiger partial charge in [-0.25, -0.2) is 0 Å². The van der Waals surface area contributed by atoms with Crippen LogP contribution in [0.25, 0.3) is 0 Å². The van der Waals surface area contributed by atoms with Crippen molar-refractivity contribution in [1.82, 2.24) is 0 Å². The summed E-state index contributed by atoms with van der Waals surface area (Å²) in [7, 11) is 0. The monoisotopic (exact) mass is 147 g/mol. The van der Waals surface area contributed by atoms with Gasteiger partial charge in [-0.3, -0.25) is 4.79 Å². The highest BCUT2D eigenvalue weighted by molar-refractivity contribution is 5.79. The van der Waals surface area contributed by atoms with Gasteiger partial charge in [-0.05, 0) is 0 Å². The van der Waals surface area contributed by atoms with E-state index in [1.165, 1.54) is 0 Å². The van der Waals surface area contributed by atoms with Crippen molar-refractivity contribution in [2.24, 2.45) is 11.1 Å². The lowest BCUT2D eigenvalue weighted by Crippen LogP contribution is -2.42. The van der Waals surface area contributed by atoms with Crippen molar-refractivity contribution in [2.45, 2.75) is 20.0 Å². The maximum Gasteiger partial charge on any atom is 0.246 e. The predicted molar refractivity (Wildman–Crippen MR) is 36.1 cm³/mol. The summed E-state index contributed by atoms with van der Waals surface area (Å²) < 4.78 is 0. The first-order chi connectivity index (χ1) is 4.41. The van der Waals surface area contributed by atoms with Crippen LogP contribution in [0.4, 0.5) is 0 Å². The Morgan fingerprint density at radius 2 is 2.10 bits per heavy atom.